The molecule has 2 atom stereocenters. The zero-order chi connectivity index (χ0) is 15.1. The van der Waals surface area contributed by atoms with Crippen LogP contribution in [0.2, 0.25) is 0 Å². The molecule has 0 radical (unpaired) electrons. The van der Waals surface area contributed by atoms with Crippen molar-refractivity contribution in [3.05, 3.63) is 23.8 Å². The smallest absolute Gasteiger partial charge is 0.126 e. The van der Waals surface area contributed by atoms with Crippen molar-refractivity contribution in [3.63, 3.8) is 0 Å². The Morgan fingerprint density at radius 2 is 2.24 bits per heavy atom. The Balaban J connectivity index is 2.04. The van der Waals surface area contributed by atoms with Gasteiger partial charge in [-0.15, -0.1) is 0 Å². The SMILES string of the molecule is CCCOc1ccc(CC(C)N)c(OCC2CCOC2)c1. The quantitative estimate of drug-likeness (QED) is 0.801. The van der Waals surface area contributed by atoms with E-state index in [0.717, 1.165) is 56.1 Å². The lowest BCUT2D eigenvalue weighted by Gasteiger charge is -2.17. The van der Waals surface area contributed by atoms with E-state index in [9.17, 15) is 0 Å². The van der Waals surface area contributed by atoms with E-state index in [1.165, 1.54) is 0 Å². The van der Waals surface area contributed by atoms with E-state index in [1.807, 2.05) is 19.1 Å². The summed E-state index contributed by atoms with van der Waals surface area (Å²) in [7, 11) is 0. The van der Waals surface area contributed by atoms with Gasteiger partial charge in [0.1, 0.15) is 11.5 Å². The van der Waals surface area contributed by atoms with Crippen molar-refractivity contribution in [2.45, 2.75) is 39.2 Å². The van der Waals surface area contributed by atoms with Gasteiger partial charge in [0, 0.05) is 24.6 Å². The fourth-order valence-corrected chi connectivity index (χ4v) is 2.42. The number of nitrogens with two attached hydrogens (primary N) is 1. The molecule has 118 valence electrons. The van der Waals surface area contributed by atoms with Crippen molar-refractivity contribution in [1.82, 2.24) is 0 Å². The second-order valence-electron chi connectivity index (χ2n) is 5.84. The van der Waals surface area contributed by atoms with Gasteiger partial charge >= 0.3 is 0 Å². The highest BCUT2D eigenvalue weighted by Gasteiger charge is 2.17. The third-order valence-corrected chi connectivity index (χ3v) is 3.55. The molecular weight excluding hydrogens is 266 g/mol. The average molecular weight is 293 g/mol. The van der Waals surface area contributed by atoms with Gasteiger partial charge < -0.3 is 19.9 Å². The molecule has 0 spiro atoms. The molecule has 4 nitrogen and oxygen atoms in total. The summed E-state index contributed by atoms with van der Waals surface area (Å²) < 4.78 is 17.1. The minimum absolute atomic E-state index is 0.115. The lowest BCUT2D eigenvalue weighted by atomic mass is 10.1. The number of rotatable bonds is 8. The summed E-state index contributed by atoms with van der Waals surface area (Å²) in [6, 6.07) is 6.17. The molecule has 0 aliphatic carbocycles. The van der Waals surface area contributed by atoms with Gasteiger partial charge in [0.15, 0.2) is 0 Å². The molecule has 0 aromatic heterocycles. The third-order valence-electron chi connectivity index (χ3n) is 3.55. The lowest BCUT2D eigenvalue weighted by Crippen LogP contribution is -2.19. The van der Waals surface area contributed by atoms with Gasteiger partial charge in [-0.2, -0.15) is 0 Å². The van der Waals surface area contributed by atoms with E-state index >= 15 is 0 Å². The largest absolute Gasteiger partial charge is 0.493 e. The summed E-state index contributed by atoms with van der Waals surface area (Å²) in [6.45, 7) is 7.18. The summed E-state index contributed by atoms with van der Waals surface area (Å²) in [6.07, 6.45) is 2.89. The van der Waals surface area contributed by atoms with Crippen LogP contribution in [0.4, 0.5) is 0 Å². The molecule has 0 amide bonds. The summed E-state index contributed by atoms with van der Waals surface area (Å²) in [5, 5.41) is 0. The molecule has 0 saturated carbocycles. The summed E-state index contributed by atoms with van der Waals surface area (Å²) >= 11 is 0. The van der Waals surface area contributed by atoms with Crippen LogP contribution in [0.3, 0.4) is 0 Å². The van der Waals surface area contributed by atoms with E-state index in [4.69, 9.17) is 19.9 Å². The van der Waals surface area contributed by atoms with Crippen LogP contribution in [-0.4, -0.2) is 32.5 Å². The molecule has 2 rings (SSSR count). The van der Waals surface area contributed by atoms with Crippen LogP contribution in [0, 0.1) is 5.92 Å². The van der Waals surface area contributed by atoms with Crippen LogP contribution in [-0.2, 0) is 11.2 Å². The Kier molecular flexibility index (Phi) is 6.33. The van der Waals surface area contributed by atoms with E-state index in [0.29, 0.717) is 12.5 Å². The van der Waals surface area contributed by atoms with Crippen molar-refractivity contribution < 1.29 is 14.2 Å². The van der Waals surface area contributed by atoms with Crippen LogP contribution in [0.15, 0.2) is 18.2 Å². The fraction of sp³-hybridized carbons (Fsp3) is 0.647. The van der Waals surface area contributed by atoms with Crippen LogP contribution in [0.1, 0.15) is 32.3 Å². The first-order chi connectivity index (χ1) is 10.2. The molecular formula is C17H27NO3. The van der Waals surface area contributed by atoms with Gasteiger partial charge in [0.05, 0.1) is 19.8 Å². The van der Waals surface area contributed by atoms with Crippen LogP contribution < -0.4 is 15.2 Å². The highest BCUT2D eigenvalue weighted by atomic mass is 16.5. The molecule has 1 aliphatic heterocycles. The maximum Gasteiger partial charge on any atom is 0.126 e. The first kappa shape index (κ1) is 16.1. The molecule has 0 bridgehead atoms. The highest BCUT2D eigenvalue weighted by molar-refractivity contribution is 5.41. The maximum atomic E-state index is 6.03. The molecule has 1 heterocycles. The van der Waals surface area contributed by atoms with Crippen LogP contribution in [0.5, 0.6) is 11.5 Å². The molecule has 1 saturated heterocycles. The van der Waals surface area contributed by atoms with Crippen molar-refractivity contribution in [3.8, 4) is 11.5 Å². The lowest BCUT2D eigenvalue weighted by molar-refractivity contribution is 0.166. The van der Waals surface area contributed by atoms with E-state index < -0.39 is 0 Å². The van der Waals surface area contributed by atoms with Crippen molar-refractivity contribution in [1.29, 1.82) is 0 Å². The molecule has 1 fully saturated rings. The average Bonchev–Trinajstić information content (AvgIpc) is 2.97. The second kappa shape index (κ2) is 8.25. The number of hydrogen-bond acceptors (Lipinski definition) is 4. The van der Waals surface area contributed by atoms with Gasteiger partial charge in [-0.25, -0.2) is 0 Å². The minimum atomic E-state index is 0.115. The Labute approximate surface area is 127 Å². The maximum absolute atomic E-state index is 6.03. The number of benzene rings is 1. The topological polar surface area (TPSA) is 53.7 Å². The third kappa shape index (κ3) is 5.21. The van der Waals surface area contributed by atoms with E-state index in [2.05, 4.69) is 13.0 Å². The summed E-state index contributed by atoms with van der Waals surface area (Å²) in [4.78, 5) is 0. The Bertz CT molecular complexity index is 428. The van der Waals surface area contributed by atoms with E-state index in [-0.39, 0.29) is 6.04 Å². The molecule has 2 N–H and O–H groups in total. The van der Waals surface area contributed by atoms with Crippen LogP contribution >= 0.6 is 0 Å². The molecule has 1 aliphatic rings. The van der Waals surface area contributed by atoms with Crippen LogP contribution in [0.25, 0.3) is 0 Å². The van der Waals surface area contributed by atoms with Crippen molar-refractivity contribution in [2.24, 2.45) is 11.7 Å². The van der Waals surface area contributed by atoms with Gasteiger partial charge in [-0.3, -0.25) is 0 Å². The normalized spacial score (nSPS) is 19.5. The number of ether oxygens (including phenoxy) is 3. The minimum Gasteiger partial charge on any atom is -0.493 e. The van der Waals surface area contributed by atoms with Crippen molar-refractivity contribution in [2.75, 3.05) is 26.4 Å². The molecule has 4 heteroatoms. The fourth-order valence-electron chi connectivity index (χ4n) is 2.42. The molecule has 1 aromatic carbocycles. The van der Waals surface area contributed by atoms with E-state index in [1.54, 1.807) is 0 Å². The van der Waals surface area contributed by atoms with Gasteiger partial charge in [-0.1, -0.05) is 13.0 Å². The highest BCUT2D eigenvalue weighted by Crippen LogP contribution is 2.27. The summed E-state index contributed by atoms with van der Waals surface area (Å²) in [5.74, 6) is 2.25. The first-order valence-corrected chi connectivity index (χ1v) is 7.91. The first-order valence-electron chi connectivity index (χ1n) is 7.91. The van der Waals surface area contributed by atoms with Gasteiger partial charge in [0.2, 0.25) is 0 Å². The Hall–Kier alpha value is -1.26. The molecule has 2 unspecified atom stereocenters. The Morgan fingerprint density at radius 1 is 1.38 bits per heavy atom. The van der Waals surface area contributed by atoms with Gasteiger partial charge in [-0.05, 0) is 37.8 Å². The van der Waals surface area contributed by atoms with Crippen molar-refractivity contribution >= 4 is 0 Å². The molecule has 21 heavy (non-hydrogen) atoms. The predicted octanol–water partition coefficient (Wildman–Crippen LogP) is 2.78. The zero-order valence-electron chi connectivity index (χ0n) is 13.1. The standard InChI is InChI=1S/C17H27NO3/c1-3-7-20-16-5-4-15(9-13(2)18)17(10-16)21-12-14-6-8-19-11-14/h4-5,10,13-14H,3,6-9,11-12,18H2,1-2H3. The monoisotopic (exact) mass is 293 g/mol. The second-order valence-corrected chi connectivity index (χ2v) is 5.84. The zero-order valence-corrected chi connectivity index (χ0v) is 13.1. The Morgan fingerprint density at radius 3 is 2.90 bits per heavy atom. The summed E-state index contributed by atoms with van der Waals surface area (Å²) in [5.41, 5.74) is 7.07. The number of hydrogen-bond donors (Lipinski definition) is 1. The predicted molar refractivity (Wildman–Crippen MR) is 84.0 cm³/mol. The molecule has 1 aromatic rings. The van der Waals surface area contributed by atoms with Gasteiger partial charge in [0.25, 0.3) is 0 Å².